The molecule has 0 N–H and O–H groups in total. The minimum atomic E-state index is -0.298. The lowest BCUT2D eigenvalue weighted by Gasteiger charge is -2.29. The summed E-state index contributed by atoms with van der Waals surface area (Å²) in [6.07, 6.45) is 2.87. The van der Waals surface area contributed by atoms with Gasteiger partial charge in [-0.3, -0.25) is 9.59 Å². The predicted octanol–water partition coefficient (Wildman–Crippen LogP) is 2.10. The number of carbonyl (C=O) groups excluding carboxylic acids is 1. The zero-order valence-electron chi connectivity index (χ0n) is 15.3. The molecule has 1 aromatic carbocycles. The van der Waals surface area contributed by atoms with E-state index >= 15 is 0 Å². The van der Waals surface area contributed by atoms with Crippen LogP contribution in [-0.4, -0.2) is 39.7 Å². The summed E-state index contributed by atoms with van der Waals surface area (Å²) in [7, 11) is 1.64. The van der Waals surface area contributed by atoms with Crippen LogP contribution >= 0.6 is 0 Å². The summed E-state index contributed by atoms with van der Waals surface area (Å²) in [5.41, 5.74) is 1.99. The molecule has 6 nitrogen and oxygen atoms in total. The minimum Gasteiger partial charge on any atom is -0.341 e. The van der Waals surface area contributed by atoms with Crippen molar-refractivity contribution in [2.45, 2.75) is 32.2 Å². The number of carbonyl (C=O) groups is 1. The summed E-state index contributed by atoms with van der Waals surface area (Å²) in [5, 5.41) is 4.40. The molecule has 3 heterocycles. The summed E-state index contributed by atoms with van der Waals surface area (Å²) >= 11 is 0. The molecule has 1 saturated heterocycles. The Kier molecular flexibility index (Phi) is 4.26. The molecule has 4 rings (SSSR count). The van der Waals surface area contributed by atoms with Crippen molar-refractivity contribution < 1.29 is 4.79 Å². The molecule has 0 spiro atoms. The minimum absolute atomic E-state index is 0.158. The van der Waals surface area contributed by atoms with Gasteiger partial charge in [-0.15, -0.1) is 0 Å². The number of hydrogen-bond donors (Lipinski definition) is 0. The van der Waals surface area contributed by atoms with E-state index in [1.165, 1.54) is 10.7 Å². The Hall–Kier alpha value is -2.63. The number of likely N-dealkylation sites (tertiary alicyclic amines) is 1. The second-order valence-electron chi connectivity index (χ2n) is 7.22. The molecule has 136 valence electrons. The second-order valence-corrected chi connectivity index (χ2v) is 7.22. The van der Waals surface area contributed by atoms with Gasteiger partial charge in [0.05, 0.1) is 0 Å². The van der Waals surface area contributed by atoms with E-state index in [4.69, 9.17) is 0 Å². The Labute approximate surface area is 153 Å². The Morgan fingerprint density at radius 3 is 2.77 bits per heavy atom. The number of benzene rings is 1. The number of nitrogens with zero attached hydrogens (tertiary/aromatic N) is 4. The third-order valence-electron chi connectivity index (χ3n) is 5.63. The fraction of sp³-hybridized carbons (Fsp3) is 0.450. The van der Waals surface area contributed by atoms with Gasteiger partial charge in [-0.05, 0) is 30.0 Å². The molecule has 26 heavy (non-hydrogen) atoms. The fourth-order valence-electron chi connectivity index (χ4n) is 4.06. The van der Waals surface area contributed by atoms with Crippen LogP contribution in [0.25, 0.3) is 0 Å². The van der Waals surface area contributed by atoms with E-state index in [0.717, 1.165) is 37.2 Å². The quantitative estimate of drug-likeness (QED) is 0.849. The first kappa shape index (κ1) is 16.8. The van der Waals surface area contributed by atoms with Gasteiger partial charge in [-0.25, -0.2) is 4.68 Å². The molecule has 0 bridgehead atoms. The number of aryl methyl sites for hydroxylation is 1. The van der Waals surface area contributed by atoms with Crippen LogP contribution in [0.2, 0.25) is 0 Å². The predicted molar refractivity (Wildman–Crippen MR) is 101 cm³/mol. The summed E-state index contributed by atoms with van der Waals surface area (Å²) in [6.45, 7) is 3.86. The number of hydrogen-bond acceptors (Lipinski definition) is 4. The van der Waals surface area contributed by atoms with Crippen molar-refractivity contribution in [3.05, 3.63) is 52.3 Å². The lowest BCUT2D eigenvalue weighted by Crippen LogP contribution is -2.45. The molecule has 2 aromatic rings. The maximum atomic E-state index is 13.3. The first-order chi connectivity index (χ1) is 12.6. The van der Waals surface area contributed by atoms with Crippen molar-refractivity contribution in [1.29, 1.82) is 0 Å². The maximum Gasteiger partial charge on any atom is 0.266 e. The van der Waals surface area contributed by atoms with Crippen LogP contribution in [0.15, 0.2) is 41.2 Å². The number of fused-ring (bicyclic) bond motifs is 1. The van der Waals surface area contributed by atoms with Crippen molar-refractivity contribution in [3.8, 4) is 0 Å². The Morgan fingerprint density at radius 1 is 1.23 bits per heavy atom. The number of amides is 1. The molecular weight excluding hydrogens is 328 g/mol. The third-order valence-corrected chi connectivity index (χ3v) is 5.63. The average molecular weight is 352 g/mol. The SMILES string of the molecule is CCC1CCN(C(=O)C2Cc3ccccc3N2c2ccc(=O)n(C)n2)C1. The van der Waals surface area contributed by atoms with E-state index in [-0.39, 0.29) is 17.5 Å². The molecule has 1 amide bonds. The van der Waals surface area contributed by atoms with E-state index in [1.54, 1.807) is 13.1 Å². The fourth-order valence-corrected chi connectivity index (χ4v) is 4.06. The van der Waals surface area contributed by atoms with Crippen LogP contribution in [0, 0.1) is 5.92 Å². The summed E-state index contributed by atoms with van der Waals surface area (Å²) < 4.78 is 1.32. The number of anilines is 2. The van der Waals surface area contributed by atoms with E-state index in [0.29, 0.717) is 18.2 Å². The largest absolute Gasteiger partial charge is 0.341 e. The lowest BCUT2D eigenvalue weighted by atomic mass is 10.1. The van der Waals surface area contributed by atoms with E-state index in [2.05, 4.69) is 18.1 Å². The van der Waals surface area contributed by atoms with E-state index in [1.807, 2.05) is 28.0 Å². The Balaban J connectivity index is 1.70. The molecule has 2 aliphatic rings. The van der Waals surface area contributed by atoms with Crippen molar-refractivity contribution in [1.82, 2.24) is 14.7 Å². The zero-order chi connectivity index (χ0) is 18.3. The van der Waals surface area contributed by atoms with Gasteiger partial charge in [0, 0.05) is 38.3 Å². The smallest absolute Gasteiger partial charge is 0.266 e. The summed E-state index contributed by atoms with van der Waals surface area (Å²) in [6, 6.07) is 11.0. The first-order valence-electron chi connectivity index (χ1n) is 9.28. The topological polar surface area (TPSA) is 58.4 Å². The van der Waals surface area contributed by atoms with E-state index < -0.39 is 0 Å². The zero-order valence-corrected chi connectivity index (χ0v) is 15.3. The normalized spacial score (nSPS) is 21.9. The van der Waals surface area contributed by atoms with Gasteiger partial charge < -0.3 is 9.80 Å². The van der Waals surface area contributed by atoms with Gasteiger partial charge in [-0.1, -0.05) is 31.5 Å². The van der Waals surface area contributed by atoms with Crippen LogP contribution in [-0.2, 0) is 18.3 Å². The van der Waals surface area contributed by atoms with Crippen LogP contribution in [0.3, 0.4) is 0 Å². The molecule has 2 unspecified atom stereocenters. The van der Waals surface area contributed by atoms with Crippen LogP contribution in [0.4, 0.5) is 11.5 Å². The highest BCUT2D eigenvalue weighted by molar-refractivity contribution is 5.91. The molecule has 0 radical (unpaired) electrons. The highest BCUT2D eigenvalue weighted by atomic mass is 16.2. The van der Waals surface area contributed by atoms with Gasteiger partial charge in [0.2, 0.25) is 5.91 Å². The van der Waals surface area contributed by atoms with Gasteiger partial charge in [0.25, 0.3) is 5.56 Å². The molecule has 1 fully saturated rings. The van der Waals surface area contributed by atoms with Crippen LogP contribution < -0.4 is 10.5 Å². The van der Waals surface area contributed by atoms with Gasteiger partial charge in [0.15, 0.2) is 5.82 Å². The van der Waals surface area contributed by atoms with Crippen LogP contribution in [0.1, 0.15) is 25.3 Å². The first-order valence-corrected chi connectivity index (χ1v) is 9.28. The Bertz CT molecular complexity index is 891. The highest BCUT2D eigenvalue weighted by Crippen LogP contribution is 2.38. The molecular formula is C20H24N4O2. The van der Waals surface area contributed by atoms with Crippen molar-refractivity contribution in [3.63, 3.8) is 0 Å². The molecule has 0 saturated carbocycles. The molecule has 0 aliphatic carbocycles. The van der Waals surface area contributed by atoms with Gasteiger partial charge in [-0.2, -0.15) is 5.10 Å². The van der Waals surface area contributed by atoms with Crippen molar-refractivity contribution >= 4 is 17.4 Å². The molecule has 2 aliphatic heterocycles. The third kappa shape index (κ3) is 2.79. The molecule has 2 atom stereocenters. The Morgan fingerprint density at radius 2 is 2.04 bits per heavy atom. The number of para-hydroxylation sites is 1. The van der Waals surface area contributed by atoms with Crippen LogP contribution in [0.5, 0.6) is 0 Å². The number of rotatable bonds is 3. The average Bonchev–Trinajstić information content (AvgIpc) is 3.28. The lowest BCUT2D eigenvalue weighted by molar-refractivity contribution is -0.131. The highest BCUT2D eigenvalue weighted by Gasteiger charge is 2.40. The van der Waals surface area contributed by atoms with E-state index in [9.17, 15) is 9.59 Å². The summed E-state index contributed by atoms with van der Waals surface area (Å²) in [4.78, 5) is 29.0. The van der Waals surface area contributed by atoms with Gasteiger partial charge >= 0.3 is 0 Å². The van der Waals surface area contributed by atoms with Gasteiger partial charge in [0.1, 0.15) is 6.04 Å². The molecule has 6 heteroatoms. The second kappa shape index (κ2) is 6.59. The number of aromatic nitrogens is 2. The van der Waals surface area contributed by atoms with Crippen molar-refractivity contribution in [2.24, 2.45) is 13.0 Å². The maximum absolute atomic E-state index is 13.3. The molecule has 1 aromatic heterocycles. The summed E-state index contributed by atoms with van der Waals surface area (Å²) in [5.74, 6) is 1.40. The monoisotopic (exact) mass is 352 g/mol. The standard InChI is InChI=1S/C20H24N4O2/c1-3-14-10-11-23(13-14)20(26)17-12-15-6-4-5-7-16(15)24(17)18-8-9-19(25)22(2)21-18/h4-9,14,17H,3,10-13H2,1-2H3. The van der Waals surface area contributed by atoms with Crippen molar-refractivity contribution in [2.75, 3.05) is 18.0 Å².